The van der Waals surface area contributed by atoms with E-state index in [9.17, 15) is 4.79 Å². The molecule has 1 aliphatic carbocycles. The predicted molar refractivity (Wildman–Crippen MR) is 71.1 cm³/mol. The van der Waals surface area contributed by atoms with Gasteiger partial charge in [0.25, 0.3) is 5.91 Å². The van der Waals surface area contributed by atoms with E-state index >= 15 is 0 Å². The van der Waals surface area contributed by atoms with Crippen molar-refractivity contribution in [2.75, 3.05) is 13.2 Å². The number of hydrogen-bond acceptors (Lipinski definition) is 4. The summed E-state index contributed by atoms with van der Waals surface area (Å²) >= 11 is 0. The zero-order chi connectivity index (χ0) is 13.7. The maximum absolute atomic E-state index is 12.2. The first-order valence-corrected chi connectivity index (χ1v) is 6.75. The minimum Gasteiger partial charge on any atom is -0.477 e. The monoisotopic (exact) mass is 264 g/mol. The molecule has 1 fully saturated rings. The number of ether oxygens (including phenoxy) is 1. The molecule has 2 rings (SSSR count). The van der Waals surface area contributed by atoms with E-state index in [4.69, 9.17) is 9.84 Å². The molecule has 0 spiro atoms. The summed E-state index contributed by atoms with van der Waals surface area (Å²) in [4.78, 5) is 16.3. The van der Waals surface area contributed by atoms with Crippen molar-refractivity contribution in [2.45, 2.75) is 32.2 Å². The molecule has 1 heterocycles. The highest BCUT2D eigenvalue weighted by Crippen LogP contribution is 2.34. The number of nitrogens with zero attached hydrogens (tertiary/aromatic N) is 1. The molecule has 5 nitrogen and oxygen atoms in total. The molecule has 1 aromatic rings. The molecule has 0 aromatic carbocycles. The van der Waals surface area contributed by atoms with E-state index in [1.54, 1.807) is 18.3 Å². The van der Waals surface area contributed by atoms with E-state index in [-0.39, 0.29) is 18.6 Å². The molecule has 1 aromatic heterocycles. The molecule has 1 aliphatic rings. The first-order chi connectivity index (χ1) is 9.26. The number of aliphatic hydroxyl groups is 1. The molecular weight excluding hydrogens is 244 g/mol. The van der Waals surface area contributed by atoms with Crippen molar-refractivity contribution in [1.82, 2.24) is 10.3 Å². The van der Waals surface area contributed by atoms with Gasteiger partial charge in [-0.05, 0) is 44.2 Å². The molecule has 1 amide bonds. The molecule has 19 heavy (non-hydrogen) atoms. The number of carbonyl (C=O) groups is 1. The maximum atomic E-state index is 12.2. The Labute approximate surface area is 113 Å². The summed E-state index contributed by atoms with van der Waals surface area (Å²) in [6, 6.07) is 3.47. The lowest BCUT2D eigenvalue weighted by atomic mass is 10.1. The zero-order valence-electron chi connectivity index (χ0n) is 11.1. The number of amides is 1. The summed E-state index contributed by atoms with van der Waals surface area (Å²) in [6.45, 7) is 2.42. The lowest BCUT2D eigenvalue weighted by Crippen LogP contribution is -2.37. The molecular formula is C14H20N2O3. The Bertz CT molecular complexity index is 432. The fourth-order valence-electron chi connectivity index (χ4n) is 2.12. The highest BCUT2D eigenvalue weighted by molar-refractivity contribution is 5.96. The standard InChI is InChI=1S/C14H20N2O3/c1-2-19-14-11(4-3-8-15-14)13(18)16-12(7-9-17)10-5-6-10/h3-4,8,10,12,17H,2,5-7,9H2,1H3,(H,16,18). The summed E-state index contributed by atoms with van der Waals surface area (Å²) in [5.74, 6) is 0.686. The molecule has 0 radical (unpaired) electrons. The van der Waals surface area contributed by atoms with E-state index in [1.807, 2.05) is 6.92 Å². The third kappa shape index (κ3) is 3.67. The lowest BCUT2D eigenvalue weighted by Gasteiger charge is -2.17. The average Bonchev–Trinajstić information content (AvgIpc) is 3.23. The zero-order valence-corrected chi connectivity index (χ0v) is 11.1. The molecule has 1 saturated carbocycles. The fraction of sp³-hybridized carbons (Fsp3) is 0.571. The van der Waals surface area contributed by atoms with E-state index < -0.39 is 0 Å². The molecule has 0 aliphatic heterocycles. The quantitative estimate of drug-likeness (QED) is 0.780. The van der Waals surface area contributed by atoms with Crippen LogP contribution in [0.2, 0.25) is 0 Å². The first-order valence-electron chi connectivity index (χ1n) is 6.75. The lowest BCUT2D eigenvalue weighted by molar-refractivity contribution is 0.0919. The predicted octanol–water partition coefficient (Wildman–Crippen LogP) is 1.37. The second kappa shape index (κ2) is 6.52. The van der Waals surface area contributed by atoms with Gasteiger partial charge in [-0.2, -0.15) is 0 Å². The Balaban J connectivity index is 2.05. The molecule has 0 saturated heterocycles. The number of aromatic nitrogens is 1. The number of nitrogens with one attached hydrogen (secondary N) is 1. The summed E-state index contributed by atoms with van der Waals surface area (Å²) < 4.78 is 5.35. The van der Waals surface area contributed by atoms with Gasteiger partial charge in [-0.1, -0.05) is 0 Å². The van der Waals surface area contributed by atoms with Crippen molar-refractivity contribution in [3.05, 3.63) is 23.9 Å². The van der Waals surface area contributed by atoms with Crippen molar-refractivity contribution < 1.29 is 14.6 Å². The Hall–Kier alpha value is -1.62. The van der Waals surface area contributed by atoms with Crippen molar-refractivity contribution in [3.8, 4) is 5.88 Å². The van der Waals surface area contributed by atoms with E-state index in [2.05, 4.69) is 10.3 Å². The normalized spacial score (nSPS) is 15.9. The highest BCUT2D eigenvalue weighted by Gasteiger charge is 2.32. The average molecular weight is 264 g/mol. The Morgan fingerprint density at radius 1 is 1.63 bits per heavy atom. The first kappa shape index (κ1) is 13.8. The van der Waals surface area contributed by atoms with Gasteiger partial charge in [0.05, 0.1) is 6.61 Å². The highest BCUT2D eigenvalue weighted by atomic mass is 16.5. The molecule has 5 heteroatoms. The second-order valence-corrected chi connectivity index (χ2v) is 4.72. The van der Waals surface area contributed by atoms with Crippen molar-refractivity contribution in [3.63, 3.8) is 0 Å². The van der Waals surface area contributed by atoms with E-state index in [0.717, 1.165) is 12.8 Å². The van der Waals surface area contributed by atoms with Crippen LogP contribution in [0.1, 0.15) is 36.5 Å². The minimum atomic E-state index is -0.179. The summed E-state index contributed by atoms with van der Waals surface area (Å²) in [5.41, 5.74) is 0.452. The molecule has 1 atom stereocenters. The van der Waals surface area contributed by atoms with Crippen LogP contribution < -0.4 is 10.1 Å². The van der Waals surface area contributed by atoms with Crippen LogP contribution in [-0.2, 0) is 0 Å². The van der Waals surface area contributed by atoms with Gasteiger partial charge >= 0.3 is 0 Å². The number of hydrogen-bond donors (Lipinski definition) is 2. The van der Waals surface area contributed by atoms with Gasteiger partial charge in [0.15, 0.2) is 0 Å². The maximum Gasteiger partial charge on any atom is 0.256 e. The Morgan fingerprint density at radius 3 is 3.05 bits per heavy atom. The Morgan fingerprint density at radius 2 is 2.42 bits per heavy atom. The largest absolute Gasteiger partial charge is 0.477 e. The number of rotatable bonds is 7. The van der Waals surface area contributed by atoms with Gasteiger partial charge in [-0.3, -0.25) is 4.79 Å². The third-order valence-electron chi connectivity index (χ3n) is 3.24. The van der Waals surface area contributed by atoms with Gasteiger partial charge < -0.3 is 15.2 Å². The van der Waals surface area contributed by atoms with Gasteiger partial charge in [0.2, 0.25) is 5.88 Å². The van der Waals surface area contributed by atoms with Gasteiger partial charge in [0.1, 0.15) is 5.56 Å². The number of carbonyl (C=O) groups excluding carboxylic acids is 1. The summed E-state index contributed by atoms with van der Waals surface area (Å²) in [6.07, 6.45) is 4.45. The van der Waals surface area contributed by atoms with Crippen LogP contribution in [0.15, 0.2) is 18.3 Å². The van der Waals surface area contributed by atoms with Gasteiger partial charge in [0, 0.05) is 18.8 Å². The van der Waals surface area contributed by atoms with Crippen LogP contribution in [0, 0.1) is 5.92 Å². The minimum absolute atomic E-state index is 0.0483. The Kier molecular flexibility index (Phi) is 4.74. The van der Waals surface area contributed by atoms with Crippen LogP contribution in [0.3, 0.4) is 0 Å². The van der Waals surface area contributed by atoms with Crippen molar-refractivity contribution in [1.29, 1.82) is 0 Å². The van der Waals surface area contributed by atoms with E-state index in [1.165, 1.54) is 0 Å². The molecule has 1 unspecified atom stereocenters. The van der Waals surface area contributed by atoms with Crippen LogP contribution in [0.5, 0.6) is 5.88 Å². The van der Waals surface area contributed by atoms with Crippen molar-refractivity contribution >= 4 is 5.91 Å². The summed E-state index contributed by atoms with van der Waals surface area (Å²) in [7, 11) is 0. The van der Waals surface area contributed by atoms with E-state index in [0.29, 0.717) is 30.4 Å². The smallest absolute Gasteiger partial charge is 0.256 e. The van der Waals surface area contributed by atoms with Gasteiger partial charge in [-0.15, -0.1) is 0 Å². The van der Waals surface area contributed by atoms with Gasteiger partial charge in [-0.25, -0.2) is 4.98 Å². The van der Waals surface area contributed by atoms with Crippen LogP contribution in [0.4, 0.5) is 0 Å². The van der Waals surface area contributed by atoms with Crippen LogP contribution in [-0.4, -0.2) is 35.3 Å². The molecule has 2 N–H and O–H groups in total. The SMILES string of the molecule is CCOc1ncccc1C(=O)NC(CCO)C1CC1. The van der Waals surface area contributed by atoms with Crippen LogP contribution in [0.25, 0.3) is 0 Å². The fourth-order valence-corrected chi connectivity index (χ4v) is 2.12. The number of aliphatic hydroxyl groups excluding tert-OH is 1. The molecule has 104 valence electrons. The third-order valence-corrected chi connectivity index (χ3v) is 3.24. The second-order valence-electron chi connectivity index (χ2n) is 4.72. The van der Waals surface area contributed by atoms with Crippen molar-refractivity contribution in [2.24, 2.45) is 5.92 Å². The van der Waals surface area contributed by atoms with Crippen LogP contribution >= 0.6 is 0 Å². The summed E-state index contributed by atoms with van der Waals surface area (Å²) in [5, 5.41) is 12.0. The number of pyridine rings is 1. The topological polar surface area (TPSA) is 71.5 Å². The molecule has 0 bridgehead atoms.